The summed E-state index contributed by atoms with van der Waals surface area (Å²) in [6.07, 6.45) is 3.72. The maximum Gasteiger partial charge on any atom is 0.0649 e. The zero-order valence-electron chi connectivity index (χ0n) is 11.1. The van der Waals surface area contributed by atoms with E-state index < -0.39 is 0 Å². The van der Waals surface area contributed by atoms with E-state index in [-0.39, 0.29) is 0 Å². The molecule has 1 aliphatic rings. The standard InChI is InChI=1S/C14H26N2/c1-6-14(15-11(2)3)13(5)16-9-7-8-12(4)10-16/h12,14-15H,2,5-10H2,1,3-4H3. The van der Waals surface area contributed by atoms with Gasteiger partial charge in [0.25, 0.3) is 0 Å². The van der Waals surface area contributed by atoms with Crippen LogP contribution >= 0.6 is 0 Å². The second-order valence-electron chi connectivity index (χ2n) is 5.07. The number of allylic oxidation sites excluding steroid dienone is 1. The third-order valence-electron chi connectivity index (χ3n) is 3.29. The van der Waals surface area contributed by atoms with Crippen molar-refractivity contribution in [3.05, 3.63) is 24.6 Å². The van der Waals surface area contributed by atoms with Crippen molar-refractivity contribution in [1.82, 2.24) is 10.2 Å². The summed E-state index contributed by atoms with van der Waals surface area (Å²) in [7, 11) is 0. The van der Waals surface area contributed by atoms with Crippen molar-refractivity contribution in [2.45, 2.75) is 46.1 Å². The fraction of sp³-hybridized carbons (Fsp3) is 0.714. The molecule has 1 aliphatic heterocycles. The Bertz CT molecular complexity index is 257. The summed E-state index contributed by atoms with van der Waals surface area (Å²) in [5.41, 5.74) is 2.26. The van der Waals surface area contributed by atoms with Crippen LogP contribution in [0, 0.1) is 5.92 Å². The number of rotatable bonds is 5. The van der Waals surface area contributed by atoms with Gasteiger partial charge in [0.2, 0.25) is 0 Å². The van der Waals surface area contributed by atoms with Gasteiger partial charge in [-0.2, -0.15) is 0 Å². The second kappa shape index (κ2) is 5.97. The first-order valence-corrected chi connectivity index (χ1v) is 6.40. The minimum Gasteiger partial charge on any atom is -0.381 e. The van der Waals surface area contributed by atoms with E-state index in [0.717, 1.165) is 31.1 Å². The Morgan fingerprint density at radius 2 is 2.19 bits per heavy atom. The first kappa shape index (κ1) is 13.1. The van der Waals surface area contributed by atoms with E-state index in [0.29, 0.717) is 6.04 Å². The fourth-order valence-electron chi connectivity index (χ4n) is 2.39. The Hall–Kier alpha value is -0.920. The van der Waals surface area contributed by atoms with Gasteiger partial charge < -0.3 is 10.2 Å². The largest absolute Gasteiger partial charge is 0.381 e. The van der Waals surface area contributed by atoms with Gasteiger partial charge in [0, 0.05) is 24.5 Å². The Labute approximate surface area is 100 Å². The quantitative estimate of drug-likeness (QED) is 0.769. The molecule has 0 aromatic carbocycles. The Morgan fingerprint density at radius 3 is 2.69 bits per heavy atom. The average Bonchev–Trinajstić information content (AvgIpc) is 2.24. The van der Waals surface area contributed by atoms with Gasteiger partial charge >= 0.3 is 0 Å². The molecular weight excluding hydrogens is 196 g/mol. The summed E-state index contributed by atoms with van der Waals surface area (Å²) in [5, 5.41) is 3.41. The molecule has 1 heterocycles. The lowest BCUT2D eigenvalue weighted by Crippen LogP contribution is -2.41. The number of hydrogen-bond donors (Lipinski definition) is 1. The van der Waals surface area contributed by atoms with Gasteiger partial charge in [-0.1, -0.05) is 27.0 Å². The maximum absolute atomic E-state index is 4.26. The molecule has 0 aliphatic carbocycles. The summed E-state index contributed by atoms with van der Waals surface area (Å²) in [6.45, 7) is 17.0. The molecule has 0 saturated carbocycles. The first-order valence-electron chi connectivity index (χ1n) is 6.40. The van der Waals surface area contributed by atoms with Crippen molar-refractivity contribution in [2.24, 2.45) is 5.92 Å². The molecule has 2 unspecified atom stereocenters. The molecule has 1 N–H and O–H groups in total. The van der Waals surface area contributed by atoms with E-state index in [1.807, 2.05) is 6.92 Å². The lowest BCUT2D eigenvalue weighted by atomic mass is 9.98. The molecule has 0 bridgehead atoms. The highest BCUT2D eigenvalue weighted by Crippen LogP contribution is 2.21. The molecule has 2 atom stereocenters. The van der Waals surface area contributed by atoms with Gasteiger partial charge in [0.05, 0.1) is 6.04 Å². The van der Waals surface area contributed by atoms with Crippen LogP contribution in [0.4, 0.5) is 0 Å². The number of likely N-dealkylation sites (tertiary alicyclic amines) is 1. The van der Waals surface area contributed by atoms with Gasteiger partial charge in [0.15, 0.2) is 0 Å². The number of piperidine rings is 1. The normalized spacial score (nSPS) is 22.7. The predicted molar refractivity (Wildman–Crippen MR) is 71.1 cm³/mol. The molecule has 1 saturated heterocycles. The van der Waals surface area contributed by atoms with Crippen LogP contribution < -0.4 is 5.32 Å². The highest BCUT2D eigenvalue weighted by molar-refractivity contribution is 5.09. The molecule has 0 aromatic rings. The highest BCUT2D eigenvalue weighted by Gasteiger charge is 2.21. The number of nitrogens with one attached hydrogen (secondary N) is 1. The van der Waals surface area contributed by atoms with Crippen LogP contribution in [-0.2, 0) is 0 Å². The average molecular weight is 222 g/mol. The van der Waals surface area contributed by atoms with Crippen molar-refractivity contribution in [3.63, 3.8) is 0 Å². The van der Waals surface area contributed by atoms with Crippen LogP contribution in [0.15, 0.2) is 24.6 Å². The lowest BCUT2D eigenvalue weighted by Gasteiger charge is -2.37. The monoisotopic (exact) mass is 222 g/mol. The molecule has 1 rings (SSSR count). The summed E-state index contributed by atoms with van der Waals surface area (Å²) >= 11 is 0. The van der Waals surface area contributed by atoms with Crippen molar-refractivity contribution in [1.29, 1.82) is 0 Å². The minimum absolute atomic E-state index is 0.350. The van der Waals surface area contributed by atoms with Crippen molar-refractivity contribution in [3.8, 4) is 0 Å². The van der Waals surface area contributed by atoms with Crippen molar-refractivity contribution >= 4 is 0 Å². The summed E-state index contributed by atoms with van der Waals surface area (Å²) in [6, 6.07) is 0.350. The van der Waals surface area contributed by atoms with Crippen LogP contribution in [0.2, 0.25) is 0 Å². The lowest BCUT2D eigenvalue weighted by molar-refractivity contribution is 0.214. The van der Waals surface area contributed by atoms with E-state index in [4.69, 9.17) is 0 Å². The Morgan fingerprint density at radius 1 is 1.50 bits per heavy atom. The molecular formula is C14H26N2. The van der Waals surface area contributed by atoms with Gasteiger partial charge in [-0.25, -0.2) is 0 Å². The fourth-order valence-corrected chi connectivity index (χ4v) is 2.39. The molecule has 0 aromatic heterocycles. The number of hydrogen-bond acceptors (Lipinski definition) is 2. The predicted octanol–water partition coefficient (Wildman–Crippen LogP) is 3.13. The molecule has 2 nitrogen and oxygen atoms in total. The molecule has 2 heteroatoms. The van der Waals surface area contributed by atoms with E-state index in [1.165, 1.54) is 18.5 Å². The third kappa shape index (κ3) is 3.58. The Balaban J connectivity index is 2.56. The molecule has 92 valence electrons. The third-order valence-corrected chi connectivity index (χ3v) is 3.29. The van der Waals surface area contributed by atoms with E-state index in [2.05, 4.69) is 37.2 Å². The summed E-state index contributed by atoms with van der Waals surface area (Å²) in [4.78, 5) is 2.44. The minimum atomic E-state index is 0.350. The Kier molecular flexibility index (Phi) is 4.91. The van der Waals surface area contributed by atoms with Gasteiger partial charge in [-0.15, -0.1) is 0 Å². The smallest absolute Gasteiger partial charge is 0.0649 e. The van der Waals surface area contributed by atoms with Crippen LogP contribution in [0.25, 0.3) is 0 Å². The van der Waals surface area contributed by atoms with Crippen molar-refractivity contribution < 1.29 is 0 Å². The van der Waals surface area contributed by atoms with Crippen LogP contribution in [0.3, 0.4) is 0 Å². The van der Waals surface area contributed by atoms with Gasteiger partial charge in [-0.05, 0) is 32.1 Å². The zero-order chi connectivity index (χ0) is 12.1. The molecule has 0 spiro atoms. The maximum atomic E-state index is 4.26. The van der Waals surface area contributed by atoms with E-state index in [9.17, 15) is 0 Å². The van der Waals surface area contributed by atoms with Gasteiger partial charge in [0.1, 0.15) is 0 Å². The van der Waals surface area contributed by atoms with Crippen LogP contribution in [0.5, 0.6) is 0 Å². The highest BCUT2D eigenvalue weighted by atomic mass is 15.2. The summed E-state index contributed by atoms with van der Waals surface area (Å²) in [5.74, 6) is 0.799. The second-order valence-corrected chi connectivity index (χ2v) is 5.07. The molecule has 1 fully saturated rings. The van der Waals surface area contributed by atoms with Gasteiger partial charge in [-0.3, -0.25) is 0 Å². The molecule has 0 amide bonds. The van der Waals surface area contributed by atoms with Crippen molar-refractivity contribution in [2.75, 3.05) is 13.1 Å². The van der Waals surface area contributed by atoms with E-state index in [1.54, 1.807) is 0 Å². The van der Waals surface area contributed by atoms with E-state index >= 15 is 0 Å². The zero-order valence-corrected chi connectivity index (χ0v) is 11.1. The summed E-state index contributed by atoms with van der Waals surface area (Å²) < 4.78 is 0. The molecule has 16 heavy (non-hydrogen) atoms. The first-order chi connectivity index (χ1) is 7.54. The SMILES string of the molecule is C=C(C)NC(CC)C(=C)N1CCCC(C)C1. The van der Waals surface area contributed by atoms with Crippen LogP contribution in [0.1, 0.15) is 40.0 Å². The van der Waals surface area contributed by atoms with Crippen LogP contribution in [-0.4, -0.2) is 24.0 Å². The molecule has 0 radical (unpaired) electrons. The topological polar surface area (TPSA) is 15.3 Å². The number of nitrogens with zero attached hydrogens (tertiary/aromatic N) is 1.